The minimum atomic E-state index is -4.69. The molecule has 0 aromatic heterocycles. The van der Waals surface area contributed by atoms with Crippen molar-refractivity contribution in [3.05, 3.63) is 23.8 Å². The molecule has 1 aromatic rings. The second kappa shape index (κ2) is 5.50. The van der Waals surface area contributed by atoms with Crippen LogP contribution in [0.1, 0.15) is 5.56 Å². The lowest BCUT2D eigenvalue weighted by molar-refractivity contribution is -0.322. The van der Waals surface area contributed by atoms with Crippen molar-refractivity contribution in [3.8, 4) is 0 Å². The van der Waals surface area contributed by atoms with Crippen LogP contribution in [0.25, 0.3) is 0 Å². The third-order valence-electron chi connectivity index (χ3n) is 1.95. The van der Waals surface area contributed by atoms with E-state index < -0.39 is 23.8 Å². The molecular formula is C10H12F3NO2S. The molecule has 0 aliphatic heterocycles. The highest BCUT2D eigenvalue weighted by molar-refractivity contribution is 7.85. The van der Waals surface area contributed by atoms with E-state index in [0.717, 1.165) is 5.56 Å². The summed E-state index contributed by atoms with van der Waals surface area (Å²) < 4.78 is 50.4. The molecule has 1 rings (SSSR count). The van der Waals surface area contributed by atoms with Crippen LogP contribution in [0.2, 0.25) is 0 Å². The Morgan fingerprint density at radius 3 is 2.65 bits per heavy atom. The summed E-state index contributed by atoms with van der Waals surface area (Å²) in [6, 6.07) is 4.91. The van der Waals surface area contributed by atoms with E-state index in [2.05, 4.69) is 4.74 Å². The normalized spacial score (nSPS) is 13.6. The van der Waals surface area contributed by atoms with Gasteiger partial charge < -0.3 is 5.73 Å². The van der Waals surface area contributed by atoms with E-state index in [0.29, 0.717) is 10.6 Å². The number of anilines is 1. The minimum Gasteiger partial charge on any atom is -0.398 e. The minimum absolute atomic E-state index is 0.243. The molecule has 3 nitrogen and oxygen atoms in total. The van der Waals surface area contributed by atoms with Crippen molar-refractivity contribution >= 4 is 16.5 Å². The molecule has 0 bridgehead atoms. The number of hydrogen-bond donors (Lipinski definition) is 1. The Kier molecular flexibility index (Phi) is 4.53. The molecule has 2 N–H and O–H groups in total. The average molecular weight is 267 g/mol. The molecule has 7 heteroatoms. The first-order chi connectivity index (χ1) is 7.79. The van der Waals surface area contributed by atoms with E-state index >= 15 is 0 Å². The largest absolute Gasteiger partial charge is 0.522 e. The van der Waals surface area contributed by atoms with E-state index in [1.54, 1.807) is 25.1 Å². The lowest BCUT2D eigenvalue weighted by atomic mass is 10.2. The fourth-order valence-corrected chi connectivity index (χ4v) is 2.28. The summed E-state index contributed by atoms with van der Waals surface area (Å²) in [5, 5.41) is 0. The number of ether oxygens (including phenoxy) is 1. The standard InChI is InChI=1S/C10H12F3NO2S/c1-7-2-3-8(14)9(6-7)17(15)5-4-16-10(11,12)13/h2-3,6H,4-5,14H2,1H3. The first kappa shape index (κ1) is 14.0. The molecule has 0 fully saturated rings. The van der Waals surface area contributed by atoms with Crippen LogP contribution >= 0.6 is 0 Å². The second-order valence-corrected chi connectivity index (χ2v) is 4.92. The van der Waals surface area contributed by atoms with Crippen molar-refractivity contribution in [2.24, 2.45) is 0 Å². The Hall–Kier alpha value is -1.08. The third-order valence-corrected chi connectivity index (χ3v) is 3.33. The Bertz CT molecular complexity index is 421. The number of halogens is 3. The van der Waals surface area contributed by atoms with Crippen LogP contribution in [0, 0.1) is 6.92 Å². The number of aryl methyl sites for hydroxylation is 1. The maximum absolute atomic E-state index is 11.7. The van der Waals surface area contributed by atoms with E-state index in [9.17, 15) is 17.4 Å². The van der Waals surface area contributed by atoms with Crippen LogP contribution in [0.5, 0.6) is 0 Å². The van der Waals surface area contributed by atoms with Crippen LogP contribution in [0.3, 0.4) is 0 Å². The molecule has 0 saturated carbocycles. The molecule has 1 atom stereocenters. The lowest BCUT2D eigenvalue weighted by Gasteiger charge is -2.09. The summed E-state index contributed by atoms with van der Waals surface area (Å²) in [7, 11) is -1.59. The van der Waals surface area contributed by atoms with Gasteiger partial charge in [0.05, 0.1) is 28.1 Å². The Labute approximate surface area is 99.2 Å². The van der Waals surface area contributed by atoms with Crippen LogP contribution in [0.4, 0.5) is 18.9 Å². The van der Waals surface area contributed by atoms with Gasteiger partial charge in [0, 0.05) is 5.69 Å². The molecule has 0 radical (unpaired) electrons. The van der Waals surface area contributed by atoms with Crippen LogP contribution < -0.4 is 5.73 Å². The summed E-state index contributed by atoms with van der Waals surface area (Å²) >= 11 is 0. The summed E-state index contributed by atoms with van der Waals surface area (Å²) in [5.41, 5.74) is 6.74. The number of benzene rings is 1. The molecule has 96 valence electrons. The Balaban J connectivity index is 2.61. The van der Waals surface area contributed by atoms with Crippen LogP contribution in [-0.2, 0) is 15.5 Å². The van der Waals surface area contributed by atoms with Gasteiger partial charge in [0.1, 0.15) is 0 Å². The highest BCUT2D eigenvalue weighted by atomic mass is 32.2. The molecule has 0 heterocycles. The fourth-order valence-electron chi connectivity index (χ4n) is 1.18. The Morgan fingerprint density at radius 2 is 2.06 bits per heavy atom. The van der Waals surface area contributed by atoms with Crippen molar-refractivity contribution in [2.75, 3.05) is 18.1 Å². The predicted octanol–water partition coefficient (Wildman–Crippen LogP) is 2.22. The average Bonchev–Trinajstić information content (AvgIpc) is 2.19. The molecule has 0 saturated heterocycles. The summed E-state index contributed by atoms with van der Waals surface area (Å²) in [5.74, 6) is -0.243. The van der Waals surface area contributed by atoms with E-state index in [1.165, 1.54) is 0 Å². The van der Waals surface area contributed by atoms with Gasteiger partial charge >= 0.3 is 6.36 Å². The first-order valence-corrected chi connectivity index (χ1v) is 6.06. The van der Waals surface area contributed by atoms with Crippen LogP contribution in [-0.4, -0.2) is 22.9 Å². The van der Waals surface area contributed by atoms with E-state index in [1.807, 2.05) is 0 Å². The molecule has 1 unspecified atom stereocenters. The maximum atomic E-state index is 11.7. The van der Waals surface area contributed by atoms with Gasteiger partial charge in [-0.15, -0.1) is 13.2 Å². The lowest BCUT2D eigenvalue weighted by Crippen LogP contribution is -2.18. The zero-order valence-electron chi connectivity index (χ0n) is 9.08. The fraction of sp³-hybridized carbons (Fsp3) is 0.400. The molecule has 0 amide bonds. The van der Waals surface area contributed by atoms with Gasteiger partial charge in [0.2, 0.25) is 0 Å². The number of nitrogens with two attached hydrogens (primary N) is 1. The molecule has 0 spiro atoms. The zero-order valence-corrected chi connectivity index (χ0v) is 9.90. The number of rotatable bonds is 4. The topological polar surface area (TPSA) is 52.3 Å². The molecular weight excluding hydrogens is 255 g/mol. The highest BCUT2D eigenvalue weighted by Crippen LogP contribution is 2.19. The third kappa shape index (κ3) is 4.74. The van der Waals surface area contributed by atoms with E-state index in [-0.39, 0.29) is 5.75 Å². The van der Waals surface area contributed by atoms with Crippen molar-refractivity contribution in [3.63, 3.8) is 0 Å². The van der Waals surface area contributed by atoms with Crippen molar-refractivity contribution in [2.45, 2.75) is 18.2 Å². The molecule has 17 heavy (non-hydrogen) atoms. The highest BCUT2D eigenvalue weighted by Gasteiger charge is 2.29. The van der Waals surface area contributed by atoms with Crippen molar-refractivity contribution in [1.29, 1.82) is 0 Å². The van der Waals surface area contributed by atoms with Crippen LogP contribution in [0.15, 0.2) is 23.1 Å². The predicted molar refractivity (Wildman–Crippen MR) is 58.9 cm³/mol. The van der Waals surface area contributed by atoms with Gasteiger partial charge in [-0.3, -0.25) is 8.95 Å². The Morgan fingerprint density at radius 1 is 1.41 bits per heavy atom. The number of nitrogen functional groups attached to an aromatic ring is 1. The number of hydrogen-bond acceptors (Lipinski definition) is 3. The quantitative estimate of drug-likeness (QED) is 0.851. The maximum Gasteiger partial charge on any atom is 0.522 e. The monoisotopic (exact) mass is 267 g/mol. The zero-order chi connectivity index (χ0) is 13.1. The van der Waals surface area contributed by atoms with Crippen molar-refractivity contribution < 1.29 is 22.1 Å². The first-order valence-electron chi connectivity index (χ1n) is 4.75. The summed E-state index contributed by atoms with van der Waals surface area (Å²) in [6.45, 7) is 1.13. The molecule has 0 aliphatic rings. The summed E-state index contributed by atoms with van der Waals surface area (Å²) in [4.78, 5) is 0.343. The second-order valence-electron chi connectivity index (χ2n) is 3.39. The smallest absolute Gasteiger partial charge is 0.398 e. The molecule has 0 aliphatic carbocycles. The number of alkyl halides is 3. The van der Waals surface area contributed by atoms with Gasteiger partial charge in [-0.1, -0.05) is 6.07 Å². The molecule has 1 aromatic carbocycles. The van der Waals surface area contributed by atoms with Gasteiger partial charge in [-0.25, -0.2) is 0 Å². The summed E-state index contributed by atoms with van der Waals surface area (Å²) in [6.07, 6.45) is -4.69. The van der Waals surface area contributed by atoms with E-state index in [4.69, 9.17) is 5.73 Å². The SMILES string of the molecule is Cc1ccc(N)c(S(=O)CCOC(F)(F)F)c1. The van der Waals surface area contributed by atoms with Gasteiger partial charge in [-0.05, 0) is 24.6 Å². The van der Waals surface area contributed by atoms with Crippen molar-refractivity contribution in [1.82, 2.24) is 0 Å². The van der Waals surface area contributed by atoms with Gasteiger partial charge in [0.25, 0.3) is 0 Å². The van der Waals surface area contributed by atoms with Gasteiger partial charge in [-0.2, -0.15) is 0 Å². The van der Waals surface area contributed by atoms with Gasteiger partial charge in [0.15, 0.2) is 0 Å².